The van der Waals surface area contributed by atoms with E-state index in [-0.39, 0.29) is 5.25 Å². The van der Waals surface area contributed by atoms with E-state index in [1.54, 1.807) is 0 Å². The first kappa shape index (κ1) is 7.42. The normalized spacial score (nSPS) is 45.0. The largest absolute Gasteiger partial charge is 0.616 e. The van der Waals surface area contributed by atoms with Crippen molar-refractivity contribution in [3.05, 3.63) is 6.42 Å². The highest BCUT2D eigenvalue weighted by molar-refractivity contribution is 7.92. The molecule has 1 fully saturated rings. The Kier molecular flexibility index (Phi) is 2.42. The summed E-state index contributed by atoms with van der Waals surface area (Å²) in [5.74, 6) is 0. The third-order valence-electron chi connectivity index (χ3n) is 1.73. The molecule has 0 aromatic rings. The lowest BCUT2D eigenvalue weighted by Crippen LogP contribution is -2.32. The molecule has 3 atom stereocenters. The van der Waals surface area contributed by atoms with Gasteiger partial charge in [-0.05, 0) is 37.9 Å². The Hall–Kier alpha value is 0.310. The summed E-state index contributed by atoms with van der Waals surface area (Å²) in [7, 11) is 0. The van der Waals surface area contributed by atoms with Gasteiger partial charge in [0.25, 0.3) is 0 Å². The third kappa shape index (κ3) is 1.62. The number of rotatable bonds is 0. The summed E-state index contributed by atoms with van der Waals surface area (Å²) in [4.78, 5) is 0. The summed E-state index contributed by atoms with van der Waals surface area (Å²) in [5, 5.41) is 0.593. The van der Waals surface area contributed by atoms with Gasteiger partial charge in [-0.2, -0.15) is 0 Å². The molecule has 1 aliphatic heterocycles. The minimum absolute atomic E-state index is 0.203. The van der Waals surface area contributed by atoms with Crippen LogP contribution in [0.5, 0.6) is 0 Å². The first-order valence-corrected chi connectivity index (χ1v) is 4.62. The molecule has 0 aromatic heterocycles. The SMILES string of the molecule is CC1[C]CCC(C)[S+]1[O-]. The Morgan fingerprint density at radius 3 is 2.67 bits per heavy atom. The highest BCUT2D eigenvalue weighted by atomic mass is 32.2. The summed E-state index contributed by atoms with van der Waals surface area (Å²) in [5.41, 5.74) is 0. The summed E-state index contributed by atoms with van der Waals surface area (Å²) >= 11 is -0.641. The van der Waals surface area contributed by atoms with Crippen LogP contribution in [0.4, 0.5) is 0 Å². The molecule has 1 nitrogen and oxygen atoms in total. The average molecular weight is 144 g/mol. The maximum absolute atomic E-state index is 11.2. The summed E-state index contributed by atoms with van der Waals surface area (Å²) in [6.45, 7) is 4.03. The summed E-state index contributed by atoms with van der Waals surface area (Å²) in [6.07, 6.45) is 5.24. The van der Waals surface area contributed by atoms with Crippen LogP contribution in [-0.2, 0) is 11.2 Å². The fourth-order valence-corrected chi connectivity index (χ4v) is 2.37. The second-order valence-electron chi connectivity index (χ2n) is 2.52. The van der Waals surface area contributed by atoms with Gasteiger partial charge in [0.15, 0.2) is 0 Å². The van der Waals surface area contributed by atoms with Crippen molar-refractivity contribution < 1.29 is 4.55 Å². The molecule has 0 saturated carbocycles. The zero-order valence-corrected chi connectivity index (χ0v) is 6.70. The molecule has 0 N–H and O–H groups in total. The van der Waals surface area contributed by atoms with Crippen LogP contribution in [0.3, 0.4) is 0 Å². The van der Waals surface area contributed by atoms with Crippen molar-refractivity contribution in [2.45, 2.75) is 37.2 Å². The lowest BCUT2D eigenvalue weighted by molar-refractivity contribution is 0.553. The van der Waals surface area contributed by atoms with Crippen molar-refractivity contribution in [1.29, 1.82) is 0 Å². The molecule has 0 amide bonds. The van der Waals surface area contributed by atoms with Crippen molar-refractivity contribution >= 4 is 11.2 Å². The molecule has 3 unspecified atom stereocenters. The van der Waals surface area contributed by atoms with Gasteiger partial charge in [0.05, 0.1) is 0 Å². The van der Waals surface area contributed by atoms with E-state index < -0.39 is 11.2 Å². The van der Waals surface area contributed by atoms with Crippen molar-refractivity contribution in [3.8, 4) is 0 Å². The molecule has 1 heterocycles. The van der Waals surface area contributed by atoms with E-state index in [4.69, 9.17) is 0 Å². The monoisotopic (exact) mass is 144 g/mol. The Morgan fingerprint density at radius 1 is 1.56 bits per heavy atom. The molecule has 0 spiro atoms. The van der Waals surface area contributed by atoms with Crippen molar-refractivity contribution in [1.82, 2.24) is 0 Å². The van der Waals surface area contributed by atoms with Gasteiger partial charge < -0.3 is 4.55 Å². The van der Waals surface area contributed by atoms with Crippen LogP contribution in [0.1, 0.15) is 26.7 Å². The van der Waals surface area contributed by atoms with Crippen LogP contribution in [0, 0.1) is 6.42 Å². The molecule has 0 aliphatic carbocycles. The molecular weight excluding hydrogens is 132 g/mol. The fraction of sp³-hybridized carbons (Fsp3) is 0.857. The van der Waals surface area contributed by atoms with Gasteiger partial charge in [0.2, 0.25) is 0 Å². The lowest BCUT2D eigenvalue weighted by atomic mass is 10.1. The zero-order chi connectivity index (χ0) is 6.85. The molecule has 52 valence electrons. The Bertz CT molecular complexity index is 84.9. The quantitative estimate of drug-likeness (QED) is 0.471. The van der Waals surface area contributed by atoms with E-state index >= 15 is 0 Å². The van der Waals surface area contributed by atoms with Gasteiger partial charge in [-0.15, -0.1) is 0 Å². The molecule has 1 saturated heterocycles. The van der Waals surface area contributed by atoms with Crippen LogP contribution < -0.4 is 0 Å². The third-order valence-corrected chi connectivity index (χ3v) is 3.62. The summed E-state index contributed by atoms with van der Waals surface area (Å²) in [6, 6.07) is 0. The van der Waals surface area contributed by atoms with Crippen molar-refractivity contribution in [3.63, 3.8) is 0 Å². The van der Waals surface area contributed by atoms with Crippen LogP contribution in [0.15, 0.2) is 0 Å². The lowest BCUT2D eigenvalue weighted by Gasteiger charge is -2.27. The van der Waals surface area contributed by atoms with Gasteiger partial charge in [0, 0.05) is 6.42 Å². The first-order chi connectivity index (χ1) is 4.22. The molecular formula is C7H12OS. The van der Waals surface area contributed by atoms with Crippen LogP contribution in [-0.4, -0.2) is 15.1 Å². The minimum atomic E-state index is -0.641. The maximum Gasteiger partial charge on any atom is 0.120 e. The molecule has 1 aliphatic rings. The standard InChI is InChI=1S/C7H12OS/c1-6-4-3-5-7(2)9(6)8/h6-7H,3-4H2,1-2H3. The minimum Gasteiger partial charge on any atom is -0.616 e. The second kappa shape index (κ2) is 2.93. The second-order valence-corrected chi connectivity index (χ2v) is 4.69. The van der Waals surface area contributed by atoms with E-state index in [1.807, 2.05) is 13.8 Å². The van der Waals surface area contributed by atoms with E-state index in [0.717, 1.165) is 12.8 Å². The molecule has 0 aromatic carbocycles. The number of hydrogen-bond acceptors (Lipinski definition) is 1. The topological polar surface area (TPSA) is 23.1 Å². The fourth-order valence-electron chi connectivity index (χ4n) is 1.04. The van der Waals surface area contributed by atoms with Crippen LogP contribution in [0.2, 0.25) is 0 Å². The predicted octanol–water partition coefficient (Wildman–Crippen LogP) is 1.39. The van der Waals surface area contributed by atoms with Crippen LogP contribution in [0.25, 0.3) is 0 Å². The Balaban J connectivity index is 2.41. The van der Waals surface area contributed by atoms with E-state index in [0.29, 0.717) is 5.25 Å². The molecule has 2 heteroatoms. The Labute approximate surface area is 60.0 Å². The first-order valence-electron chi connectivity index (χ1n) is 3.34. The zero-order valence-electron chi connectivity index (χ0n) is 5.89. The average Bonchev–Trinajstić information content (AvgIpc) is 1.83. The van der Waals surface area contributed by atoms with Gasteiger partial charge >= 0.3 is 0 Å². The summed E-state index contributed by atoms with van der Waals surface area (Å²) < 4.78 is 11.2. The van der Waals surface area contributed by atoms with Gasteiger partial charge in [-0.25, -0.2) is 0 Å². The van der Waals surface area contributed by atoms with Crippen molar-refractivity contribution in [2.24, 2.45) is 0 Å². The molecule has 1 rings (SSSR count). The number of hydrogen-bond donors (Lipinski definition) is 0. The highest BCUT2D eigenvalue weighted by Gasteiger charge is 2.28. The van der Waals surface area contributed by atoms with Gasteiger partial charge in [-0.1, -0.05) is 0 Å². The van der Waals surface area contributed by atoms with Crippen molar-refractivity contribution in [2.75, 3.05) is 0 Å². The van der Waals surface area contributed by atoms with Gasteiger partial charge in [0.1, 0.15) is 10.5 Å². The smallest absolute Gasteiger partial charge is 0.120 e. The van der Waals surface area contributed by atoms with Gasteiger partial charge in [-0.3, -0.25) is 0 Å². The van der Waals surface area contributed by atoms with E-state index in [2.05, 4.69) is 6.42 Å². The van der Waals surface area contributed by atoms with E-state index in [1.165, 1.54) is 0 Å². The Morgan fingerprint density at radius 2 is 2.22 bits per heavy atom. The van der Waals surface area contributed by atoms with Crippen LogP contribution >= 0.6 is 0 Å². The van der Waals surface area contributed by atoms with E-state index in [9.17, 15) is 4.55 Å². The predicted molar refractivity (Wildman–Crippen MR) is 39.5 cm³/mol. The maximum atomic E-state index is 11.2. The molecule has 9 heavy (non-hydrogen) atoms. The molecule has 0 bridgehead atoms. The highest BCUT2D eigenvalue weighted by Crippen LogP contribution is 2.23. The molecule has 2 radical (unpaired) electrons.